The summed E-state index contributed by atoms with van der Waals surface area (Å²) in [6.07, 6.45) is 8.01. The number of hydrogen-bond acceptors (Lipinski definition) is 9. The van der Waals surface area contributed by atoms with Gasteiger partial charge >= 0.3 is 0 Å². The highest BCUT2D eigenvalue weighted by atomic mass is 35.5. The Kier molecular flexibility index (Phi) is 11.3. The van der Waals surface area contributed by atoms with E-state index >= 15 is 0 Å². The molecule has 2 N–H and O–H groups in total. The smallest absolute Gasteiger partial charge is 0.248 e. The molecule has 1 amide bonds. The monoisotopic (exact) mass is 674 g/mol. The molecule has 0 saturated carbocycles. The zero-order valence-electron chi connectivity index (χ0n) is 27.0. The first-order valence-corrected chi connectivity index (χ1v) is 16.6. The van der Waals surface area contributed by atoms with Crippen LogP contribution in [0.4, 0.5) is 21.6 Å². The molecule has 2 aliphatic rings. The van der Waals surface area contributed by atoms with Crippen LogP contribution in [0.2, 0.25) is 5.02 Å². The number of likely N-dealkylation sites (N-methyl/N-ethyl adjacent to an activating group) is 1. The van der Waals surface area contributed by atoms with Crippen molar-refractivity contribution in [2.75, 3.05) is 63.7 Å². The number of carbonyl (C=O) groups is 1. The minimum atomic E-state index is -0.322. The molecule has 2 aliphatic heterocycles. The number of anilines is 3. The van der Waals surface area contributed by atoms with E-state index < -0.39 is 0 Å². The first-order valence-electron chi connectivity index (χ1n) is 16.3. The van der Waals surface area contributed by atoms with Crippen LogP contribution < -0.4 is 20.1 Å². The van der Waals surface area contributed by atoms with Crippen LogP contribution in [0.15, 0.2) is 73.1 Å². The van der Waals surface area contributed by atoms with Crippen molar-refractivity contribution in [2.45, 2.75) is 31.9 Å². The summed E-state index contributed by atoms with van der Waals surface area (Å²) in [4.78, 5) is 26.7. The average molecular weight is 675 g/mol. The third-order valence-electron chi connectivity index (χ3n) is 8.50. The van der Waals surface area contributed by atoms with Crippen LogP contribution in [0.25, 0.3) is 10.9 Å². The summed E-state index contributed by atoms with van der Waals surface area (Å²) in [5.74, 6) is 0.979. The summed E-state index contributed by atoms with van der Waals surface area (Å²) >= 11 is 6.56. The molecule has 252 valence electrons. The van der Waals surface area contributed by atoms with E-state index in [4.69, 9.17) is 25.8 Å². The third-order valence-corrected chi connectivity index (χ3v) is 8.79. The van der Waals surface area contributed by atoms with Gasteiger partial charge in [-0.05, 0) is 74.8 Å². The van der Waals surface area contributed by atoms with Gasteiger partial charge in [0.05, 0.1) is 36.0 Å². The van der Waals surface area contributed by atoms with Gasteiger partial charge < -0.3 is 24.8 Å². The highest BCUT2D eigenvalue weighted by Crippen LogP contribution is 2.35. The SMILES string of the molecule is CN1CCCC1/C=C/C(=O)Nc1cc2c(Nc3ccc(OCc4cccc(F)c4)c(Cl)c3)ncnc2cc1OCCCN1CCOCC1. The summed E-state index contributed by atoms with van der Waals surface area (Å²) in [6, 6.07) is 15.4. The Bertz CT molecular complexity index is 1750. The van der Waals surface area contributed by atoms with Crippen LogP contribution in [-0.4, -0.2) is 84.8 Å². The number of hydrogen-bond donors (Lipinski definition) is 2. The Hall–Kier alpha value is -4.29. The minimum absolute atomic E-state index is 0.180. The molecule has 2 fully saturated rings. The van der Waals surface area contributed by atoms with Crippen molar-refractivity contribution in [1.29, 1.82) is 0 Å². The van der Waals surface area contributed by atoms with E-state index in [2.05, 4.69) is 37.4 Å². The van der Waals surface area contributed by atoms with E-state index in [0.29, 0.717) is 56.8 Å². The molecule has 1 atom stereocenters. The highest BCUT2D eigenvalue weighted by Gasteiger charge is 2.19. The average Bonchev–Trinajstić information content (AvgIpc) is 3.50. The molecule has 1 unspecified atom stereocenters. The number of halogens is 2. The number of carbonyl (C=O) groups excluding carboxylic acids is 1. The van der Waals surface area contributed by atoms with Gasteiger partial charge in [0.25, 0.3) is 0 Å². The van der Waals surface area contributed by atoms with Crippen molar-refractivity contribution in [2.24, 2.45) is 0 Å². The van der Waals surface area contributed by atoms with Crippen molar-refractivity contribution in [3.05, 3.63) is 89.5 Å². The van der Waals surface area contributed by atoms with E-state index in [1.807, 2.05) is 24.3 Å². The van der Waals surface area contributed by atoms with Crippen LogP contribution in [0.3, 0.4) is 0 Å². The molecular formula is C36H40ClFN6O4. The molecule has 12 heteroatoms. The second-order valence-corrected chi connectivity index (χ2v) is 12.4. The quantitative estimate of drug-likeness (QED) is 0.123. The molecular weight excluding hydrogens is 635 g/mol. The maximum absolute atomic E-state index is 13.6. The second kappa shape index (κ2) is 16.2. The van der Waals surface area contributed by atoms with E-state index in [9.17, 15) is 9.18 Å². The largest absolute Gasteiger partial charge is 0.491 e. The summed E-state index contributed by atoms with van der Waals surface area (Å²) in [5.41, 5.74) is 2.56. The van der Waals surface area contributed by atoms with Crippen LogP contribution in [-0.2, 0) is 16.1 Å². The third kappa shape index (κ3) is 8.99. The molecule has 0 bridgehead atoms. The summed E-state index contributed by atoms with van der Waals surface area (Å²) in [6.45, 7) is 5.94. The molecule has 4 aromatic rings. The van der Waals surface area contributed by atoms with Crippen molar-refractivity contribution in [3.63, 3.8) is 0 Å². The lowest BCUT2D eigenvalue weighted by Gasteiger charge is -2.26. The zero-order chi connectivity index (χ0) is 33.3. The van der Waals surface area contributed by atoms with Crippen molar-refractivity contribution >= 4 is 45.6 Å². The van der Waals surface area contributed by atoms with Gasteiger partial charge in [0.1, 0.15) is 36.1 Å². The lowest BCUT2D eigenvalue weighted by molar-refractivity contribution is -0.112. The number of aromatic nitrogens is 2. The molecule has 6 rings (SSSR count). The van der Waals surface area contributed by atoms with Crippen LogP contribution in [0.1, 0.15) is 24.8 Å². The zero-order valence-corrected chi connectivity index (χ0v) is 27.7. The fourth-order valence-electron chi connectivity index (χ4n) is 5.87. The number of benzene rings is 3. The Morgan fingerprint density at radius 3 is 2.75 bits per heavy atom. The maximum atomic E-state index is 13.6. The summed E-state index contributed by atoms with van der Waals surface area (Å²) in [5, 5.41) is 7.43. The lowest BCUT2D eigenvalue weighted by atomic mass is 10.1. The van der Waals surface area contributed by atoms with Crippen molar-refractivity contribution < 1.29 is 23.4 Å². The Labute approximate surface area is 284 Å². The van der Waals surface area contributed by atoms with Crippen LogP contribution >= 0.6 is 11.6 Å². The predicted molar refractivity (Wildman–Crippen MR) is 186 cm³/mol. The van der Waals surface area contributed by atoms with Gasteiger partial charge in [-0.3, -0.25) is 14.6 Å². The number of nitrogens with one attached hydrogen (secondary N) is 2. The van der Waals surface area contributed by atoms with E-state index in [1.165, 1.54) is 18.5 Å². The Morgan fingerprint density at radius 1 is 1.08 bits per heavy atom. The molecule has 0 aliphatic carbocycles. The van der Waals surface area contributed by atoms with E-state index in [1.54, 1.807) is 30.3 Å². The van der Waals surface area contributed by atoms with E-state index in [0.717, 1.165) is 58.7 Å². The number of likely N-dealkylation sites (tertiary alicyclic amines) is 1. The number of amides is 1. The number of nitrogens with zero attached hydrogens (tertiary/aromatic N) is 4. The molecule has 10 nitrogen and oxygen atoms in total. The predicted octanol–water partition coefficient (Wildman–Crippen LogP) is 6.43. The molecule has 3 heterocycles. The van der Waals surface area contributed by atoms with Crippen LogP contribution in [0, 0.1) is 5.82 Å². The molecule has 0 radical (unpaired) electrons. The highest BCUT2D eigenvalue weighted by molar-refractivity contribution is 6.32. The van der Waals surface area contributed by atoms with Gasteiger partial charge in [-0.2, -0.15) is 0 Å². The van der Waals surface area contributed by atoms with Gasteiger partial charge in [0.2, 0.25) is 5.91 Å². The summed E-state index contributed by atoms with van der Waals surface area (Å²) < 4.78 is 31.1. The summed E-state index contributed by atoms with van der Waals surface area (Å²) in [7, 11) is 2.07. The topological polar surface area (TPSA) is 101 Å². The molecule has 3 aromatic carbocycles. The van der Waals surface area contributed by atoms with Crippen molar-refractivity contribution in [1.82, 2.24) is 19.8 Å². The van der Waals surface area contributed by atoms with Gasteiger partial charge in [0, 0.05) is 48.9 Å². The maximum Gasteiger partial charge on any atom is 0.248 e. The molecule has 2 saturated heterocycles. The van der Waals surface area contributed by atoms with Crippen LogP contribution in [0.5, 0.6) is 11.5 Å². The number of ether oxygens (including phenoxy) is 3. The fourth-order valence-corrected chi connectivity index (χ4v) is 6.10. The molecule has 48 heavy (non-hydrogen) atoms. The Balaban J connectivity index is 1.19. The van der Waals surface area contributed by atoms with Gasteiger partial charge in [-0.25, -0.2) is 14.4 Å². The number of morpholine rings is 1. The molecule has 1 aromatic heterocycles. The van der Waals surface area contributed by atoms with Gasteiger partial charge in [-0.1, -0.05) is 29.8 Å². The number of rotatable bonds is 13. The first-order chi connectivity index (χ1) is 23.4. The second-order valence-electron chi connectivity index (χ2n) is 12.0. The fraction of sp³-hybridized carbons (Fsp3) is 0.361. The standard InChI is InChI=1S/C36H40ClFN6O4/c1-43-12-3-7-28(43)9-11-35(45)42-32-21-29-31(22-34(32)47-16-4-13-44-14-17-46-18-15-44)39-24-40-36(29)41-27-8-10-33(30(37)20-27)48-23-25-5-2-6-26(38)19-25/h2,5-6,8-11,19-22,24,28H,3-4,7,12-18,23H2,1H3,(H,42,45)(H,39,40,41)/b11-9+. The minimum Gasteiger partial charge on any atom is -0.491 e. The lowest BCUT2D eigenvalue weighted by Crippen LogP contribution is -2.37. The Morgan fingerprint density at radius 2 is 1.96 bits per heavy atom. The van der Waals surface area contributed by atoms with Gasteiger partial charge in [0.15, 0.2) is 0 Å². The molecule has 0 spiro atoms. The normalized spacial score (nSPS) is 17.2. The van der Waals surface area contributed by atoms with E-state index in [-0.39, 0.29) is 24.4 Å². The first kappa shape index (κ1) is 33.6. The number of fused-ring (bicyclic) bond motifs is 1. The van der Waals surface area contributed by atoms with Gasteiger partial charge in [-0.15, -0.1) is 0 Å². The van der Waals surface area contributed by atoms with Crippen molar-refractivity contribution in [3.8, 4) is 11.5 Å².